The molecule has 2 N–H and O–H groups in total. The largest absolute Gasteiger partial charge is 0.355 e. The van der Waals surface area contributed by atoms with Gasteiger partial charge in [0.2, 0.25) is 11.8 Å². The van der Waals surface area contributed by atoms with Crippen LogP contribution < -0.4 is 10.6 Å². The zero-order valence-corrected chi connectivity index (χ0v) is 20.7. The maximum Gasteiger partial charge on any atom is 0.228 e. The highest BCUT2D eigenvalue weighted by atomic mass is 16.2. The minimum atomic E-state index is -0.251. The number of benzene rings is 2. The molecule has 2 atom stereocenters. The number of nitrogens with one attached hydrogen (secondary N) is 2. The molecule has 3 aromatic rings. The van der Waals surface area contributed by atoms with Gasteiger partial charge in [-0.2, -0.15) is 0 Å². The van der Waals surface area contributed by atoms with Gasteiger partial charge in [-0.25, -0.2) is 0 Å². The molecule has 0 unspecified atom stereocenters. The number of hydrogen-bond acceptors (Lipinski definition) is 4. The molecule has 1 fully saturated rings. The van der Waals surface area contributed by atoms with E-state index >= 15 is 0 Å². The Labute approximate surface area is 213 Å². The molecule has 0 spiro atoms. The van der Waals surface area contributed by atoms with Gasteiger partial charge in [0.25, 0.3) is 0 Å². The van der Waals surface area contributed by atoms with Crippen LogP contribution in [-0.4, -0.2) is 41.3 Å². The summed E-state index contributed by atoms with van der Waals surface area (Å²) in [5.74, 6) is -0.457. The summed E-state index contributed by atoms with van der Waals surface area (Å²) in [6.07, 6.45) is 8.30. The van der Waals surface area contributed by atoms with Gasteiger partial charge in [-0.1, -0.05) is 36.4 Å². The standard InChI is InChI=1S/C30H34N4O2/c35-29(32-16-13-22-5-2-1-3-6-22)26-17-27(21-34(20-26)19-23-11-14-31-15-12-23)30(36)33-28-10-9-24-7-4-8-25(24)18-28/h1-3,5-6,9-12,14-15,18,26-27H,4,7-8,13,16-17,19-21H2,(H,32,35)(H,33,36)/t26-,27+/m0/s1. The second-order valence-electron chi connectivity index (χ2n) is 10.0. The van der Waals surface area contributed by atoms with Crippen molar-refractivity contribution in [3.63, 3.8) is 0 Å². The third kappa shape index (κ3) is 6.18. The third-order valence-electron chi connectivity index (χ3n) is 7.35. The van der Waals surface area contributed by atoms with Crippen LogP contribution in [0.4, 0.5) is 5.69 Å². The van der Waals surface area contributed by atoms with E-state index in [1.54, 1.807) is 12.4 Å². The summed E-state index contributed by atoms with van der Waals surface area (Å²) >= 11 is 0. The maximum atomic E-state index is 13.4. The third-order valence-corrected chi connectivity index (χ3v) is 7.35. The summed E-state index contributed by atoms with van der Waals surface area (Å²) in [5, 5.41) is 6.26. The first kappa shape index (κ1) is 24.2. The molecule has 1 aromatic heterocycles. The summed E-state index contributed by atoms with van der Waals surface area (Å²) in [6.45, 7) is 2.56. The van der Waals surface area contributed by atoms with Crippen molar-refractivity contribution in [2.45, 2.75) is 38.6 Å². The van der Waals surface area contributed by atoms with Crippen LogP contribution in [0.1, 0.15) is 35.1 Å². The second kappa shape index (κ2) is 11.5. The van der Waals surface area contributed by atoms with Crippen LogP contribution in [0.3, 0.4) is 0 Å². The van der Waals surface area contributed by atoms with Crippen LogP contribution in [-0.2, 0) is 35.4 Å². The molecular formula is C30H34N4O2. The van der Waals surface area contributed by atoms with Gasteiger partial charge in [0.1, 0.15) is 0 Å². The van der Waals surface area contributed by atoms with Crippen molar-refractivity contribution in [3.8, 4) is 0 Å². The van der Waals surface area contributed by atoms with Crippen molar-refractivity contribution >= 4 is 17.5 Å². The number of rotatable bonds is 8. The van der Waals surface area contributed by atoms with E-state index in [0.29, 0.717) is 32.6 Å². The average Bonchev–Trinajstić information content (AvgIpc) is 3.38. The highest BCUT2D eigenvalue weighted by molar-refractivity contribution is 5.93. The fraction of sp³-hybridized carbons (Fsp3) is 0.367. The Morgan fingerprint density at radius 2 is 1.61 bits per heavy atom. The first-order valence-electron chi connectivity index (χ1n) is 13.0. The maximum absolute atomic E-state index is 13.4. The van der Waals surface area contributed by atoms with Crippen molar-refractivity contribution in [2.24, 2.45) is 11.8 Å². The van der Waals surface area contributed by atoms with Crippen LogP contribution in [0, 0.1) is 11.8 Å². The number of anilines is 1. The number of pyridine rings is 1. The van der Waals surface area contributed by atoms with Gasteiger partial charge in [0.15, 0.2) is 0 Å². The summed E-state index contributed by atoms with van der Waals surface area (Å²) in [6, 6.07) is 20.4. The second-order valence-corrected chi connectivity index (χ2v) is 10.0. The number of aromatic nitrogens is 1. The Balaban J connectivity index is 1.24. The van der Waals surface area contributed by atoms with Crippen molar-refractivity contribution in [3.05, 3.63) is 95.3 Å². The van der Waals surface area contributed by atoms with Gasteiger partial charge in [-0.15, -0.1) is 0 Å². The van der Waals surface area contributed by atoms with E-state index in [2.05, 4.69) is 44.8 Å². The van der Waals surface area contributed by atoms with Crippen molar-refractivity contribution in [1.82, 2.24) is 15.2 Å². The summed E-state index contributed by atoms with van der Waals surface area (Å²) in [5.41, 5.74) is 5.92. The topological polar surface area (TPSA) is 74.3 Å². The molecular weight excluding hydrogens is 448 g/mol. The predicted molar refractivity (Wildman–Crippen MR) is 141 cm³/mol. The molecule has 186 valence electrons. The van der Waals surface area contributed by atoms with E-state index in [4.69, 9.17) is 0 Å². The lowest BCUT2D eigenvalue weighted by atomic mass is 9.87. The van der Waals surface area contributed by atoms with E-state index in [9.17, 15) is 9.59 Å². The normalized spacial score (nSPS) is 19.4. The molecule has 5 rings (SSSR count). The number of carbonyl (C=O) groups is 2. The van der Waals surface area contributed by atoms with Crippen LogP contribution >= 0.6 is 0 Å². The fourth-order valence-electron chi connectivity index (χ4n) is 5.46. The highest BCUT2D eigenvalue weighted by Gasteiger charge is 2.35. The van der Waals surface area contributed by atoms with Crippen molar-refractivity contribution in [2.75, 3.05) is 25.0 Å². The molecule has 0 saturated carbocycles. The Morgan fingerprint density at radius 3 is 2.42 bits per heavy atom. The first-order valence-corrected chi connectivity index (χ1v) is 13.0. The average molecular weight is 483 g/mol. The van der Waals surface area contributed by atoms with E-state index in [0.717, 1.165) is 30.5 Å². The molecule has 0 radical (unpaired) electrons. The van der Waals surface area contributed by atoms with Gasteiger partial charge in [0.05, 0.1) is 11.8 Å². The zero-order valence-electron chi connectivity index (χ0n) is 20.7. The van der Waals surface area contributed by atoms with Gasteiger partial charge in [-0.3, -0.25) is 19.5 Å². The SMILES string of the molecule is O=C(NCCc1ccccc1)[C@H]1C[C@@H](C(=O)Nc2ccc3c(c2)CCC3)CN(Cc2ccncc2)C1. The minimum Gasteiger partial charge on any atom is -0.355 e. The summed E-state index contributed by atoms with van der Waals surface area (Å²) in [7, 11) is 0. The molecule has 2 heterocycles. The molecule has 1 aliphatic heterocycles. The van der Waals surface area contributed by atoms with Gasteiger partial charge >= 0.3 is 0 Å². The number of piperidine rings is 1. The molecule has 1 saturated heterocycles. The van der Waals surface area contributed by atoms with Crippen LogP contribution in [0.2, 0.25) is 0 Å². The van der Waals surface area contributed by atoms with Crippen molar-refractivity contribution in [1.29, 1.82) is 0 Å². The predicted octanol–water partition coefficient (Wildman–Crippen LogP) is 4.01. The van der Waals surface area contributed by atoms with Crippen LogP contribution in [0.25, 0.3) is 0 Å². The van der Waals surface area contributed by atoms with Gasteiger partial charge in [0, 0.05) is 44.3 Å². The lowest BCUT2D eigenvalue weighted by molar-refractivity contribution is -0.130. The monoisotopic (exact) mass is 482 g/mol. The number of nitrogens with zero attached hydrogens (tertiary/aromatic N) is 2. The number of aryl methyl sites for hydroxylation is 2. The van der Waals surface area contributed by atoms with E-state index in [1.165, 1.54) is 23.1 Å². The Kier molecular flexibility index (Phi) is 7.72. The fourth-order valence-corrected chi connectivity index (χ4v) is 5.46. The zero-order chi connectivity index (χ0) is 24.7. The Morgan fingerprint density at radius 1 is 0.861 bits per heavy atom. The van der Waals surface area contributed by atoms with Gasteiger partial charge < -0.3 is 10.6 Å². The van der Waals surface area contributed by atoms with Crippen molar-refractivity contribution < 1.29 is 9.59 Å². The van der Waals surface area contributed by atoms with E-state index in [1.807, 2.05) is 36.4 Å². The molecule has 0 bridgehead atoms. The molecule has 2 amide bonds. The van der Waals surface area contributed by atoms with Crippen LogP contribution in [0.15, 0.2) is 73.1 Å². The number of amides is 2. The van der Waals surface area contributed by atoms with Gasteiger partial charge in [-0.05, 0) is 78.6 Å². The Bertz CT molecular complexity index is 1180. The van der Waals surface area contributed by atoms with Crippen LogP contribution in [0.5, 0.6) is 0 Å². The highest BCUT2D eigenvalue weighted by Crippen LogP contribution is 2.28. The lowest BCUT2D eigenvalue weighted by Gasteiger charge is -2.36. The number of hydrogen-bond donors (Lipinski definition) is 2. The summed E-state index contributed by atoms with van der Waals surface area (Å²) in [4.78, 5) is 32.9. The molecule has 36 heavy (non-hydrogen) atoms. The van der Waals surface area contributed by atoms with E-state index < -0.39 is 0 Å². The quantitative estimate of drug-likeness (QED) is 0.509. The molecule has 6 nitrogen and oxygen atoms in total. The summed E-state index contributed by atoms with van der Waals surface area (Å²) < 4.78 is 0. The Hall–Kier alpha value is -3.51. The minimum absolute atomic E-state index is 0.00513. The number of fused-ring (bicyclic) bond motifs is 1. The molecule has 2 aromatic carbocycles. The first-order chi connectivity index (χ1) is 17.6. The molecule has 1 aliphatic carbocycles. The lowest BCUT2D eigenvalue weighted by Crippen LogP contribution is -2.49. The molecule has 6 heteroatoms. The number of likely N-dealkylation sites (tertiary alicyclic amines) is 1. The smallest absolute Gasteiger partial charge is 0.228 e. The molecule has 2 aliphatic rings. The number of carbonyl (C=O) groups excluding carboxylic acids is 2. The van der Waals surface area contributed by atoms with E-state index in [-0.39, 0.29) is 23.7 Å².